The molecule has 1 aromatic carbocycles. The molecular weight excluding hydrogens is 450 g/mol. The van der Waals surface area contributed by atoms with Crippen LogP contribution in [-0.4, -0.2) is 43.4 Å². The van der Waals surface area contributed by atoms with Gasteiger partial charge >= 0.3 is 0 Å². The molecule has 0 N–H and O–H groups in total. The number of carbonyl (C=O) groups is 1. The van der Waals surface area contributed by atoms with Crippen LogP contribution in [0.1, 0.15) is 10.4 Å². The van der Waals surface area contributed by atoms with Crippen LogP contribution in [0.25, 0.3) is 17.1 Å². The van der Waals surface area contributed by atoms with Crippen molar-refractivity contribution in [1.82, 2.24) is 24.6 Å². The molecule has 0 aliphatic carbocycles. The lowest BCUT2D eigenvalue weighted by atomic mass is 10.2. The van der Waals surface area contributed by atoms with Crippen LogP contribution in [0.5, 0.6) is 0 Å². The minimum atomic E-state index is 0.0109. The van der Waals surface area contributed by atoms with Crippen molar-refractivity contribution < 1.29 is 4.79 Å². The van der Waals surface area contributed by atoms with Crippen molar-refractivity contribution in [3.63, 3.8) is 0 Å². The highest BCUT2D eigenvalue weighted by molar-refractivity contribution is 7.99. The molecule has 0 saturated carbocycles. The number of pyridine rings is 1. The van der Waals surface area contributed by atoms with Gasteiger partial charge in [0.05, 0.1) is 22.3 Å². The normalized spacial score (nSPS) is 10.9. The third-order valence-corrected chi connectivity index (χ3v) is 6.81. The van der Waals surface area contributed by atoms with E-state index in [1.54, 1.807) is 24.3 Å². The number of hydrogen-bond acceptors (Lipinski definition) is 6. The zero-order valence-electron chi connectivity index (χ0n) is 17.0. The lowest BCUT2D eigenvalue weighted by Crippen LogP contribution is -2.27. The van der Waals surface area contributed by atoms with Crippen LogP contribution in [0.15, 0.2) is 66.1 Å². The van der Waals surface area contributed by atoms with Crippen molar-refractivity contribution in [2.75, 3.05) is 12.8 Å². The van der Waals surface area contributed by atoms with Crippen LogP contribution in [0.4, 0.5) is 0 Å². The van der Waals surface area contributed by atoms with Gasteiger partial charge in [-0.2, -0.15) is 0 Å². The van der Waals surface area contributed by atoms with Gasteiger partial charge in [0.2, 0.25) is 5.91 Å². The molecule has 158 valence electrons. The Morgan fingerprint density at radius 3 is 2.71 bits per heavy atom. The number of hydrogen-bond donors (Lipinski definition) is 0. The molecule has 0 fully saturated rings. The molecule has 0 spiro atoms. The summed E-state index contributed by atoms with van der Waals surface area (Å²) in [5.74, 6) is 0.961. The van der Waals surface area contributed by atoms with Crippen molar-refractivity contribution in [3.05, 3.63) is 75.7 Å². The van der Waals surface area contributed by atoms with Gasteiger partial charge in [0.1, 0.15) is 0 Å². The summed E-state index contributed by atoms with van der Waals surface area (Å²) in [4.78, 5) is 19.7. The second-order valence-corrected chi connectivity index (χ2v) is 9.66. The number of benzene rings is 1. The Hall–Kier alpha value is -2.68. The quantitative estimate of drug-likeness (QED) is 0.352. The van der Waals surface area contributed by atoms with Gasteiger partial charge in [-0.25, -0.2) is 0 Å². The first-order chi connectivity index (χ1) is 15.0. The smallest absolute Gasteiger partial charge is 0.233 e. The third kappa shape index (κ3) is 4.98. The van der Waals surface area contributed by atoms with Gasteiger partial charge in [-0.15, -0.1) is 21.5 Å². The van der Waals surface area contributed by atoms with E-state index in [1.165, 1.54) is 23.1 Å². The first kappa shape index (κ1) is 21.5. The van der Waals surface area contributed by atoms with Crippen molar-refractivity contribution in [2.24, 2.45) is 0 Å². The fourth-order valence-corrected chi connectivity index (χ4v) is 5.10. The summed E-state index contributed by atoms with van der Waals surface area (Å²) in [6.07, 6.45) is 3.49. The molecule has 0 saturated heterocycles. The van der Waals surface area contributed by atoms with Gasteiger partial charge in [0.25, 0.3) is 0 Å². The number of amides is 1. The number of nitrogens with zero attached hydrogens (tertiary/aromatic N) is 5. The Morgan fingerprint density at radius 2 is 2.00 bits per heavy atom. The van der Waals surface area contributed by atoms with Crippen LogP contribution in [0.2, 0.25) is 4.34 Å². The lowest BCUT2D eigenvalue weighted by Gasteiger charge is -2.16. The average Bonchev–Trinajstić information content (AvgIpc) is 3.38. The number of para-hydroxylation sites is 1. The van der Waals surface area contributed by atoms with Crippen LogP contribution >= 0.6 is 34.7 Å². The second kappa shape index (κ2) is 9.64. The number of aryl methyl sites for hydroxylation is 1. The van der Waals surface area contributed by atoms with Crippen LogP contribution in [-0.2, 0) is 11.3 Å². The molecule has 9 heteroatoms. The molecule has 6 nitrogen and oxygen atoms in total. The maximum atomic E-state index is 12.7. The molecule has 31 heavy (non-hydrogen) atoms. The second-order valence-electron chi connectivity index (χ2n) is 6.91. The summed E-state index contributed by atoms with van der Waals surface area (Å²) in [5, 5.41) is 9.46. The number of halogens is 1. The maximum Gasteiger partial charge on any atom is 0.233 e. The Kier molecular flexibility index (Phi) is 6.70. The summed E-state index contributed by atoms with van der Waals surface area (Å²) >= 11 is 8.85. The van der Waals surface area contributed by atoms with E-state index in [2.05, 4.69) is 15.2 Å². The van der Waals surface area contributed by atoms with Gasteiger partial charge in [0, 0.05) is 29.9 Å². The summed E-state index contributed by atoms with van der Waals surface area (Å²) in [6.45, 7) is 2.57. The Balaban J connectivity index is 1.58. The molecule has 0 bridgehead atoms. The van der Waals surface area contributed by atoms with E-state index in [4.69, 9.17) is 11.6 Å². The highest BCUT2D eigenvalue weighted by Crippen LogP contribution is 2.29. The van der Waals surface area contributed by atoms with E-state index >= 15 is 0 Å². The fraction of sp³-hybridized carbons (Fsp3) is 0.182. The Bertz CT molecular complexity index is 1190. The molecular formula is C22H20ClN5OS2. The number of thiophene rings is 1. The number of thioether (sulfide) groups is 1. The van der Waals surface area contributed by atoms with E-state index in [9.17, 15) is 4.79 Å². The van der Waals surface area contributed by atoms with Gasteiger partial charge in [-0.1, -0.05) is 41.6 Å². The van der Waals surface area contributed by atoms with Crippen LogP contribution < -0.4 is 0 Å². The fourth-order valence-electron chi connectivity index (χ4n) is 3.07. The predicted octanol–water partition coefficient (Wildman–Crippen LogP) is 5.10. The first-order valence-corrected chi connectivity index (χ1v) is 11.7. The van der Waals surface area contributed by atoms with Crippen molar-refractivity contribution >= 4 is 40.6 Å². The van der Waals surface area contributed by atoms with Gasteiger partial charge < -0.3 is 4.90 Å². The van der Waals surface area contributed by atoms with Crippen LogP contribution in [0.3, 0.4) is 0 Å². The molecule has 0 unspecified atom stereocenters. The van der Waals surface area contributed by atoms with E-state index in [-0.39, 0.29) is 11.7 Å². The summed E-state index contributed by atoms with van der Waals surface area (Å²) in [6, 6.07) is 15.7. The minimum Gasteiger partial charge on any atom is -0.340 e. The first-order valence-electron chi connectivity index (χ1n) is 9.55. The van der Waals surface area contributed by atoms with Crippen molar-refractivity contribution in [3.8, 4) is 17.1 Å². The molecule has 0 atom stereocenters. The zero-order chi connectivity index (χ0) is 21.8. The third-order valence-electron chi connectivity index (χ3n) is 4.68. The van der Waals surface area contributed by atoms with Gasteiger partial charge in [0.15, 0.2) is 11.0 Å². The van der Waals surface area contributed by atoms with E-state index < -0.39 is 0 Å². The molecule has 0 aliphatic rings. The molecule has 3 aromatic heterocycles. The summed E-state index contributed by atoms with van der Waals surface area (Å²) < 4.78 is 2.71. The van der Waals surface area contributed by atoms with Gasteiger partial charge in [-0.3, -0.25) is 14.3 Å². The summed E-state index contributed by atoms with van der Waals surface area (Å²) in [5.41, 5.74) is 2.93. The standard InChI is InChI=1S/C22H20ClN5OS2/c1-15-6-3-4-8-18(15)28-21(16-7-5-11-24-12-16)25-26-22(28)30-14-20(29)27(2)13-17-9-10-19(23)31-17/h3-12H,13-14H2,1-2H3. The summed E-state index contributed by atoms with van der Waals surface area (Å²) in [7, 11) is 1.80. The monoisotopic (exact) mass is 469 g/mol. The molecule has 3 heterocycles. The Labute approximate surface area is 193 Å². The van der Waals surface area contributed by atoms with Crippen LogP contribution in [0, 0.1) is 6.92 Å². The maximum absolute atomic E-state index is 12.7. The zero-order valence-corrected chi connectivity index (χ0v) is 19.4. The predicted molar refractivity (Wildman–Crippen MR) is 126 cm³/mol. The van der Waals surface area contributed by atoms with E-state index in [0.29, 0.717) is 17.5 Å². The molecule has 4 aromatic rings. The molecule has 0 aliphatic heterocycles. The largest absolute Gasteiger partial charge is 0.340 e. The number of rotatable bonds is 7. The van der Waals surface area contributed by atoms with E-state index in [0.717, 1.165) is 26.0 Å². The average molecular weight is 470 g/mol. The SMILES string of the molecule is Cc1ccccc1-n1c(SCC(=O)N(C)Cc2ccc(Cl)s2)nnc1-c1cccnc1. The van der Waals surface area contributed by atoms with Crippen molar-refractivity contribution in [2.45, 2.75) is 18.6 Å². The number of aromatic nitrogens is 4. The van der Waals surface area contributed by atoms with E-state index in [1.807, 2.05) is 60.0 Å². The highest BCUT2D eigenvalue weighted by atomic mass is 35.5. The number of carbonyl (C=O) groups excluding carboxylic acids is 1. The molecule has 0 radical (unpaired) electrons. The topological polar surface area (TPSA) is 63.9 Å². The molecule has 4 rings (SSSR count). The Morgan fingerprint density at radius 1 is 1.16 bits per heavy atom. The highest BCUT2D eigenvalue weighted by Gasteiger charge is 2.19. The minimum absolute atomic E-state index is 0.0109. The molecule has 1 amide bonds. The van der Waals surface area contributed by atoms with Crippen molar-refractivity contribution in [1.29, 1.82) is 0 Å². The lowest BCUT2D eigenvalue weighted by molar-refractivity contribution is -0.127. The van der Waals surface area contributed by atoms with Gasteiger partial charge in [-0.05, 0) is 42.8 Å².